The molecule has 0 unspecified atom stereocenters. The van der Waals surface area contributed by atoms with Crippen LogP contribution >= 0.6 is 12.2 Å². The van der Waals surface area contributed by atoms with Crippen molar-refractivity contribution in [1.29, 1.82) is 5.26 Å². The first kappa shape index (κ1) is 17.1. The monoisotopic (exact) mass is 326 g/mol. The molecule has 0 aliphatic rings. The van der Waals surface area contributed by atoms with Crippen LogP contribution in [0.25, 0.3) is 0 Å². The van der Waals surface area contributed by atoms with Crippen LogP contribution in [0.2, 0.25) is 0 Å². The van der Waals surface area contributed by atoms with Gasteiger partial charge >= 0.3 is 6.09 Å². The highest BCUT2D eigenvalue weighted by Crippen LogP contribution is 2.09. The number of carbonyl (C=O) groups is 1. The number of amides is 1. The van der Waals surface area contributed by atoms with E-state index in [0.717, 1.165) is 5.56 Å². The Kier molecular flexibility index (Phi) is 6.27. The molecule has 0 fully saturated rings. The van der Waals surface area contributed by atoms with E-state index in [4.69, 9.17) is 22.2 Å². The van der Waals surface area contributed by atoms with Gasteiger partial charge in [0.2, 0.25) is 0 Å². The van der Waals surface area contributed by atoms with E-state index in [9.17, 15) is 13.2 Å². The fourth-order valence-corrected chi connectivity index (χ4v) is 2.38. The molecule has 0 saturated heterocycles. The molecule has 21 heavy (non-hydrogen) atoms. The zero-order valence-electron chi connectivity index (χ0n) is 11.3. The molecule has 0 atom stereocenters. The van der Waals surface area contributed by atoms with Crippen LogP contribution in [0.3, 0.4) is 0 Å². The summed E-state index contributed by atoms with van der Waals surface area (Å²) in [5.41, 5.74) is 0.902. The summed E-state index contributed by atoms with van der Waals surface area (Å²) in [5.74, 6) is 0. The number of aryl methyl sites for hydroxylation is 1. The molecule has 0 radical (unpaired) electrons. The molecule has 0 spiro atoms. The van der Waals surface area contributed by atoms with Crippen molar-refractivity contribution >= 4 is 33.2 Å². The molecule has 0 aliphatic carbocycles. The van der Waals surface area contributed by atoms with Crippen molar-refractivity contribution in [2.24, 2.45) is 0 Å². The molecule has 6 nitrogen and oxygen atoms in total. The van der Waals surface area contributed by atoms with Gasteiger partial charge in [-0.15, -0.1) is 0 Å². The first-order valence-corrected chi connectivity index (χ1v) is 7.89. The molecule has 0 saturated carbocycles. The van der Waals surface area contributed by atoms with Crippen molar-refractivity contribution in [1.82, 2.24) is 4.72 Å². The van der Waals surface area contributed by atoms with Gasteiger partial charge in [0.1, 0.15) is 6.61 Å². The normalized spacial score (nSPS) is 10.5. The zero-order valence-corrected chi connectivity index (χ0v) is 13.0. The number of ether oxygens (including phenoxy) is 1. The van der Waals surface area contributed by atoms with E-state index in [2.05, 4.69) is 0 Å². The molecule has 0 bridgehead atoms. The molecule has 0 heterocycles. The van der Waals surface area contributed by atoms with Gasteiger partial charge in [-0.3, -0.25) is 0 Å². The highest BCUT2D eigenvalue weighted by Gasteiger charge is 2.18. The maximum Gasteiger partial charge on any atom is 0.421 e. The van der Waals surface area contributed by atoms with Crippen LogP contribution in [-0.4, -0.2) is 26.0 Å². The van der Waals surface area contributed by atoms with Gasteiger partial charge in [0, 0.05) is 11.3 Å². The first-order valence-electron chi connectivity index (χ1n) is 6.00. The van der Waals surface area contributed by atoms with Crippen LogP contribution in [0.5, 0.6) is 0 Å². The minimum absolute atomic E-state index is 0.0305. The van der Waals surface area contributed by atoms with E-state index in [0.29, 0.717) is 11.3 Å². The van der Waals surface area contributed by atoms with Crippen LogP contribution in [0, 0.1) is 18.3 Å². The third-order valence-electron chi connectivity index (χ3n) is 2.43. The smallest absolute Gasteiger partial charge is 0.421 e. The Balaban J connectivity index is 2.56. The van der Waals surface area contributed by atoms with Crippen molar-refractivity contribution in [2.75, 3.05) is 6.61 Å². The standard InChI is InChI=1S/C13H14N2O4S2/c1-10-4-6-12(7-5-10)21(17,18)15-13(16)19-9-11(20)3-2-8-14/h4-7H,2-3,9H2,1H3,(H,15,16). The number of carbonyl (C=O) groups excluding carboxylic acids is 1. The predicted molar refractivity (Wildman–Crippen MR) is 80.3 cm³/mol. The van der Waals surface area contributed by atoms with Gasteiger partial charge in [-0.05, 0) is 25.5 Å². The minimum atomic E-state index is -3.96. The van der Waals surface area contributed by atoms with Crippen molar-refractivity contribution in [3.8, 4) is 6.07 Å². The van der Waals surface area contributed by atoms with Crippen molar-refractivity contribution in [2.45, 2.75) is 24.7 Å². The van der Waals surface area contributed by atoms with Crippen LogP contribution < -0.4 is 4.72 Å². The SMILES string of the molecule is Cc1ccc(S(=O)(=O)NC(=O)OCC(=S)CCC#N)cc1. The third-order valence-corrected chi connectivity index (χ3v) is 4.08. The number of nitrogens with zero attached hydrogens (tertiary/aromatic N) is 1. The summed E-state index contributed by atoms with van der Waals surface area (Å²) in [6.45, 7) is 1.62. The number of rotatable bonds is 6. The highest BCUT2D eigenvalue weighted by atomic mass is 32.2. The second kappa shape index (κ2) is 7.71. The summed E-state index contributed by atoms with van der Waals surface area (Å²) in [6.07, 6.45) is -0.551. The van der Waals surface area contributed by atoms with E-state index < -0.39 is 16.1 Å². The predicted octanol–water partition coefficient (Wildman–Crippen LogP) is 2.08. The largest absolute Gasteiger partial charge is 0.443 e. The third kappa shape index (κ3) is 5.89. The number of nitriles is 1. The Morgan fingerprint density at radius 2 is 2.00 bits per heavy atom. The summed E-state index contributed by atoms with van der Waals surface area (Å²) < 4.78 is 30.3. The van der Waals surface area contributed by atoms with Gasteiger partial charge in [-0.2, -0.15) is 5.26 Å². The maximum atomic E-state index is 11.9. The second-order valence-electron chi connectivity index (χ2n) is 4.19. The second-order valence-corrected chi connectivity index (χ2v) is 6.45. The van der Waals surface area contributed by atoms with Gasteiger partial charge in [0.15, 0.2) is 0 Å². The van der Waals surface area contributed by atoms with E-state index in [1.54, 1.807) is 16.9 Å². The van der Waals surface area contributed by atoms with E-state index in [1.807, 2.05) is 13.0 Å². The lowest BCUT2D eigenvalue weighted by Crippen LogP contribution is -2.32. The minimum Gasteiger partial charge on any atom is -0.443 e. The number of benzene rings is 1. The summed E-state index contributed by atoms with van der Waals surface area (Å²) >= 11 is 4.88. The van der Waals surface area contributed by atoms with Crippen molar-refractivity contribution in [3.05, 3.63) is 29.8 Å². The summed E-state index contributed by atoms with van der Waals surface area (Å²) in [6, 6.07) is 7.94. The topological polar surface area (TPSA) is 96.3 Å². The number of thiocarbonyl (C=S) groups is 1. The number of hydrogen-bond donors (Lipinski definition) is 1. The summed E-state index contributed by atoms with van der Waals surface area (Å²) in [7, 11) is -3.96. The lowest BCUT2D eigenvalue weighted by atomic mass is 10.2. The Bertz CT molecular complexity index is 660. The Labute approximate surface area is 128 Å². The molecule has 0 aliphatic heterocycles. The van der Waals surface area contributed by atoms with Gasteiger partial charge in [0.25, 0.3) is 10.0 Å². The first-order chi connectivity index (χ1) is 9.85. The molecule has 0 aromatic heterocycles. The molecule has 112 valence electrons. The Morgan fingerprint density at radius 3 is 2.57 bits per heavy atom. The lowest BCUT2D eigenvalue weighted by molar-refractivity contribution is 0.168. The molecule has 1 aromatic carbocycles. The van der Waals surface area contributed by atoms with Crippen LogP contribution in [0.1, 0.15) is 18.4 Å². The van der Waals surface area contributed by atoms with Crippen LogP contribution in [0.4, 0.5) is 4.79 Å². The average Bonchev–Trinajstić information content (AvgIpc) is 2.43. The number of hydrogen-bond acceptors (Lipinski definition) is 6. The molecule has 8 heteroatoms. The van der Waals surface area contributed by atoms with Crippen LogP contribution in [0.15, 0.2) is 29.2 Å². The summed E-state index contributed by atoms with van der Waals surface area (Å²) in [5, 5.41) is 8.38. The van der Waals surface area contributed by atoms with E-state index in [1.165, 1.54) is 12.1 Å². The lowest BCUT2D eigenvalue weighted by Gasteiger charge is -2.08. The summed E-state index contributed by atoms with van der Waals surface area (Å²) in [4.78, 5) is 11.8. The Hall–Kier alpha value is -1.98. The van der Waals surface area contributed by atoms with Gasteiger partial charge in [-0.1, -0.05) is 29.9 Å². The molecular weight excluding hydrogens is 312 g/mol. The fraction of sp³-hybridized carbons (Fsp3) is 0.308. The van der Waals surface area contributed by atoms with Gasteiger partial charge in [-0.25, -0.2) is 17.9 Å². The fourth-order valence-electron chi connectivity index (χ4n) is 1.33. The zero-order chi connectivity index (χ0) is 15.9. The van der Waals surface area contributed by atoms with E-state index >= 15 is 0 Å². The number of sulfonamides is 1. The van der Waals surface area contributed by atoms with Crippen LogP contribution in [-0.2, 0) is 14.8 Å². The average molecular weight is 326 g/mol. The van der Waals surface area contributed by atoms with E-state index in [-0.39, 0.29) is 17.9 Å². The maximum absolute atomic E-state index is 11.9. The number of nitrogens with one attached hydrogen (secondary N) is 1. The molecule has 1 N–H and O–H groups in total. The van der Waals surface area contributed by atoms with Gasteiger partial charge < -0.3 is 4.74 Å². The van der Waals surface area contributed by atoms with Crippen molar-refractivity contribution in [3.63, 3.8) is 0 Å². The molecule has 1 rings (SSSR count). The molecule has 1 aromatic rings. The highest BCUT2D eigenvalue weighted by molar-refractivity contribution is 7.90. The van der Waals surface area contributed by atoms with Gasteiger partial charge in [0.05, 0.1) is 11.0 Å². The Morgan fingerprint density at radius 1 is 1.38 bits per heavy atom. The molecule has 1 amide bonds. The van der Waals surface area contributed by atoms with Crippen molar-refractivity contribution < 1.29 is 17.9 Å². The molecular formula is C13H14N2O4S2. The quantitative estimate of drug-likeness (QED) is 0.804.